The fraction of sp³-hybridized carbons (Fsp3) is 0.238. The van der Waals surface area contributed by atoms with E-state index in [1.54, 1.807) is 23.6 Å². The highest BCUT2D eigenvalue weighted by Crippen LogP contribution is 2.44. The van der Waals surface area contributed by atoms with Crippen LogP contribution in [-0.4, -0.2) is 24.8 Å². The molecule has 1 aliphatic heterocycles. The van der Waals surface area contributed by atoms with Crippen molar-refractivity contribution in [3.8, 4) is 0 Å². The predicted molar refractivity (Wildman–Crippen MR) is 127 cm³/mol. The number of aryl methyl sites for hydroxylation is 2. The summed E-state index contributed by atoms with van der Waals surface area (Å²) in [6, 6.07) is 15.6. The van der Waals surface area contributed by atoms with Crippen LogP contribution in [0.15, 0.2) is 54.7 Å². The van der Waals surface area contributed by atoms with Crippen molar-refractivity contribution < 1.29 is 8.42 Å². The minimum Gasteiger partial charge on any atom is -0.351 e. The summed E-state index contributed by atoms with van der Waals surface area (Å²) >= 11 is 7.47. The molecule has 6 nitrogen and oxygen atoms in total. The monoisotopic (exact) mass is 458 g/mol. The molecule has 0 aliphatic carbocycles. The predicted octanol–water partition coefficient (Wildman–Crippen LogP) is 4.31. The number of aromatic nitrogens is 1. The van der Waals surface area contributed by atoms with Crippen molar-refractivity contribution in [2.45, 2.75) is 25.9 Å². The molecular weight excluding hydrogens is 436 g/mol. The van der Waals surface area contributed by atoms with E-state index in [1.807, 2.05) is 37.3 Å². The number of benzene rings is 1. The van der Waals surface area contributed by atoms with Gasteiger partial charge in [-0.25, -0.2) is 8.42 Å². The van der Waals surface area contributed by atoms with Gasteiger partial charge in [-0.3, -0.25) is 9.71 Å². The van der Waals surface area contributed by atoms with Crippen molar-refractivity contribution >= 4 is 50.1 Å². The van der Waals surface area contributed by atoms with Gasteiger partial charge in [0.25, 0.3) is 0 Å². The number of nitrogens with zero attached hydrogens (tertiary/aromatic N) is 2. The molecule has 2 aromatic heterocycles. The first-order chi connectivity index (χ1) is 14.2. The molecule has 156 valence electrons. The largest absolute Gasteiger partial charge is 0.351 e. The lowest BCUT2D eigenvalue weighted by atomic mass is 10.0. The molecule has 0 radical (unpaired) electrons. The van der Waals surface area contributed by atoms with Crippen molar-refractivity contribution in [3.63, 3.8) is 0 Å². The van der Waals surface area contributed by atoms with E-state index >= 15 is 0 Å². The molecule has 0 unspecified atom stereocenters. The Labute approximate surface area is 186 Å². The maximum atomic E-state index is 11.6. The van der Waals surface area contributed by atoms with Crippen LogP contribution in [-0.2, 0) is 10.0 Å². The van der Waals surface area contributed by atoms with E-state index in [0.717, 1.165) is 23.2 Å². The lowest BCUT2D eigenvalue weighted by molar-refractivity contribution is 0.575. The molecular formula is C21H22N4O2S3. The van der Waals surface area contributed by atoms with Crippen molar-refractivity contribution in [1.29, 1.82) is 0 Å². The number of thiophene rings is 1. The van der Waals surface area contributed by atoms with Gasteiger partial charge >= 0.3 is 0 Å². The van der Waals surface area contributed by atoms with Crippen LogP contribution in [0.1, 0.15) is 33.1 Å². The van der Waals surface area contributed by atoms with Crippen molar-refractivity contribution in [1.82, 2.24) is 10.3 Å². The van der Waals surface area contributed by atoms with Crippen LogP contribution in [0.3, 0.4) is 0 Å². The Bertz CT molecular complexity index is 1190. The van der Waals surface area contributed by atoms with Gasteiger partial charge in [-0.05, 0) is 74.1 Å². The number of nitrogens with one attached hydrogen (secondary N) is 2. The van der Waals surface area contributed by atoms with E-state index in [-0.39, 0.29) is 12.1 Å². The van der Waals surface area contributed by atoms with Gasteiger partial charge in [0.1, 0.15) is 0 Å². The first kappa shape index (κ1) is 20.8. The third-order valence-electron chi connectivity index (χ3n) is 4.93. The molecule has 3 aromatic rings. The van der Waals surface area contributed by atoms with Crippen molar-refractivity contribution in [2.24, 2.45) is 0 Å². The van der Waals surface area contributed by atoms with Gasteiger partial charge in [-0.2, -0.15) is 0 Å². The van der Waals surface area contributed by atoms with Gasteiger partial charge in [-0.1, -0.05) is 6.07 Å². The molecule has 1 fully saturated rings. The van der Waals surface area contributed by atoms with Crippen LogP contribution < -0.4 is 14.9 Å². The zero-order valence-corrected chi connectivity index (χ0v) is 19.2. The van der Waals surface area contributed by atoms with E-state index < -0.39 is 10.0 Å². The van der Waals surface area contributed by atoms with Crippen LogP contribution in [0.4, 0.5) is 11.4 Å². The molecule has 1 saturated heterocycles. The van der Waals surface area contributed by atoms with E-state index in [9.17, 15) is 8.42 Å². The first-order valence-corrected chi connectivity index (χ1v) is 12.5. The SMILES string of the molecule is Cc1ccc([C@@H]2[C@@H](c3ccccn3)NC(=S)N2c2ccc(NS(C)(=O)=O)c(C)c2)s1. The molecule has 30 heavy (non-hydrogen) atoms. The highest BCUT2D eigenvalue weighted by Gasteiger charge is 2.41. The lowest BCUT2D eigenvalue weighted by Gasteiger charge is -2.27. The van der Waals surface area contributed by atoms with Crippen LogP contribution in [0.5, 0.6) is 0 Å². The number of sulfonamides is 1. The second kappa shape index (κ2) is 7.98. The summed E-state index contributed by atoms with van der Waals surface area (Å²) in [5, 5.41) is 4.05. The molecule has 1 aliphatic rings. The van der Waals surface area contributed by atoms with Crippen LogP contribution in [0.25, 0.3) is 0 Å². The van der Waals surface area contributed by atoms with E-state index in [0.29, 0.717) is 10.8 Å². The molecule has 9 heteroatoms. The molecule has 0 bridgehead atoms. The molecule has 1 aromatic carbocycles. The zero-order chi connectivity index (χ0) is 21.5. The minimum absolute atomic E-state index is 0.0563. The summed E-state index contributed by atoms with van der Waals surface area (Å²) < 4.78 is 25.8. The quantitative estimate of drug-likeness (QED) is 0.555. The van der Waals surface area contributed by atoms with Crippen LogP contribution in [0, 0.1) is 13.8 Å². The topological polar surface area (TPSA) is 74.3 Å². The van der Waals surface area contributed by atoms with Gasteiger partial charge < -0.3 is 10.2 Å². The van der Waals surface area contributed by atoms with Gasteiger partial charge in [0.2, 0.25) is 10.0 Å². The van der Waals surface area contributed by atoms with Gasteiger partial charge in [0.15, 0.2) is 5.11 Å². The molecule has 0 saturated carbocycles. The maximum Gasteiger partial charge on any atom is 0.229 e. The Hall–Kier alpha value is -2.49. The fourth-order valence-corrected chi connectivity index (χ4v) is 5.63. The Morgan fingerprint density at radius 1 is 1.17 bits per heavy atom. The third-order valence-corrected chi connectivity index (χ3v) is 6.91. The van der Waals surface area contributed by atoms with E-state index in [1.165, 1.54) is 9.75 Å². The molecule has 0 amide bonds. The lowest BCUT2D eigenvalue weighted by Crippen LogP contribution is -2.29. The zero-order valence-electron chi connectivity index (χ0n) is 16.8. The summed E-state index contributed by atoms with van der Waals surface area (Å²) in [5.74, 6) is 0. The number of thiocarbonyl (C=S) groups is 1. The third kappa shape index (κ3) is 4.19. The first-order valence-electron chi connectivity index (χ1n) is 9.38. The van der Waals surface area contributed by atoms with Gasteiger partial charge in [-0.15, -0.1) is 11.3 Å². The maximum absolute atomic E-state index is 11.6. The van der Waals surface area contributed by atoms with E-state index in [2.05, 4.69) is 39.0 Å². The summed E-state index contributed by atoms with van der Waals surface area (Å²) in [7, 11) is -3.35. The second-order valence-electron chi connectivity index (χ2n) is 7.32. The summed E-state index contributed by atoms with van der Waals surface area (Å²) in [6.45, 7) is 3.97. The van der Waals surface area contributed by atoms with E-state index in [4.69, 9.17) is 12.2 Å². The molecule has 4 rings (SSSR count). The second-order valence-corrected chi connectivity index (χ2v) is 10.8. The Kier molecular flexibility index (Phi) is 5.52. The molecule has 3 heterocycles. The smallest absolute Gasteiger partial charge is 0.229 e. The Morgan fingerprint density at radius 3 is 2.57 bits per heavy atom. The van der Waals surface area contributed by atoms with Crippen molar-refractivity contribution in [3.05, 3.63) is 75.7 Å². The van der Waals surface area contributed by atoms with Gasteiger partial charge in [0, 0.05) is 21.6 Å². The standard InChI is InChI=1S/C21H22N4O2S3/c1-13-12-15(8-9-16(13)24-30(3,26)27)25-20(18-10-7-14(2)29-18)19(23-21(25)28)17-6-4-5-11-22-17/h4-12,19-20,24H,1-3H3,(H,23,28)/t19-,20-/m1/s1. The Balaban J connectivity index is 1.77. The highest BCUT2D eigenvalue weighted by molar-refractivity contribution is 7.92. The highest BCUT2D eigenvalue weighted by atomic mass is 32.2. The van der Waals surface area contributed by atoms with Crippen LogP contribution >= 0.6 is 23.6 Å². The minimum atomic E-state index is -3.35. The summed E-state index contributed by atoms with van der Waals surface area (Å²) in [5.41, 5.74) is 3.20. The Morgan fingerprint density at radius 2 is 1.97 bits per heavy atom. The number of hydrogen-bond acceptors (Lipinski definition) is 5. The van der Waals surface area contributed by atoms with Crippen molar-refractivity contribution in [2.75, 3.05) is 15.9 Å². The summed E-state index contributed by atoms with van der Waals surface area (Å²) in [6.07, 6.45) is 2.93. The summed E-state index contributed by atoms with van der Waals surface area (Å²) in [4.78, 5) is 9.07. The number of rotatable bonds is 5. The van der Waals surface area contributed by atoms with Gasteiger partial charge in [0.05, 0.1) is 29.7 Å². The van der Waals surface area contributed by atoms with Crippen LogP contribution in [0.2, 0.25) is 0 Å². The number of hydrogen-bond donors (Lipinski definition) is 2. The average molecular weight is 459 g/mol. The fourth-order valence-electron chi connectivity index (χ4n) is 3.65. The molecule has 2 N–H and O–H groups in total. The molecule has 2 atom stereocenters. The normalized spacial score (nSPS) is 19.0. The number of anilines is 2. The number of pyridine rings is 1. The average Bonchev–Trinajstić information content (AvgIpc) is 3.26. The molecule has 0 spiro atoms.